The molecule has 1 aromatic carbocycles. The van der Waals surface area contributed by atoms with E-state index in [1.807, 2.05) is 18.4 Å². The first kappa shape index (κ1) is 21.6. The fourth-order valence-corrected chi connectivity index (χ4v) is 4.28. The van der Waals surface area contributed by atoms with Crippen molar-refractivity contribution in [2.24, 2.45) is 5.10 Å². The number of fused-ring (bicyclic) bond motifs is 1. The van der Waals surface area contributed by atoms with Crippen LogP contribution in [0.2, 0.25) is 0 Å². The van der Waals surface area contributed by atoms with Gasteiger partial charge in [0.25, 0.3) is 11.8 Å². The summed E-state index contributed by atoms with van der Waals surface area (Å²) in [6.45, 7) is 1.82. The molecular formula is C23H23N3O5S. The molecule has 166 valence electrons. The number of ether oxygens (including phenoxy) is 2. The van der Waals surface area contributed by atoms with Crippen LogP contribution in [0.15, 0.2) is 45.2 Å². The number of rotatable bonds is 6. The molecule has 2 amide bonds. The van der Waals surface area contributed by atoms with Crippen molar-refractivity contribution in [1.82, 2.24) is 5.43 Å². The number of furan rings is 1. The highest BCUT2D eigenvalue weighted by molar-refractivity contribution is 7.12. The van der Waals surface area contributed by atoms with E-state index in [4.69, 9.17) is 13.9 Å². The zero-order valence-electron chi connectivity index (χ0n) is 18.0. The highest BCUT2D eigenvalue weighted by atomic mass is 32.1. The second-order valence-corrected chi connectivity index (χ2v) is 8.15. The summed E-state index contributed by atoms with van der Waals surface area (Å²) in [6.07, 6.45) is 2.20. The highest BCUT2D eigenvalue weighted by Gasteiger charge is 2.28. The summed E-state index contributed by atoms with van der Waals surface area (Å²) in [5.41, 5.74) is 5.26. The minimum atomic E-state index is -0.398. The summed E-state index contributed by atoms with van der Waals surface area (Å²) in [7, 11) is 3.08. The van der Waals surface area contributed by atoms with Crippen LogP contribution >= 0.6 is 11.3 Å². The third-order valence-corrected chi connectivity index (χ3v) is 6.09. The number of thiophene rings is 1. The van der Waals surface area contributed by atoms with Crippen molar-refractivity contribution in [1.29, 1.82) is 0 Å². The van der Waals surface area contributed by atoms with Crippen LogP contribution in [0.3, 0.4) is 0 Å². The number of hydrogen-bond donors (Lipinski definition) is 2. The predicted octanol–water partition coefficient (Wildman–Crippen LogP) is 4.39. The summed E-state index contributed by atoms with van der Waals surface area (Å²) in [6, 6.07) is 8.70. The molecule has 1 aliphatic rings. The van der Waals surface area contributed by atoms with Crippen molar-refractivity contribution in [2.45, 2.75) is 26.2 Å². The summed E-state index contributed by atoms with van der Waals surface area (Å²) < 4.78 is 16.5. The van der Waals surface area contributed by atoms with E-state index in [9.17, 15) is 9.59 Å². The van der Waals surface area contributed by atoms with E-state index in [-0.39, 0.29) is 11.7 Å². The molecule has 0 bridgehead atoms. The fraction of sp³-hybridized carbons (Fsp3) is 0.261. The topological polar surface area (TPSA) is 102 Å². The third-order valence-electron chi connectivity index (χ3n) is 5.22. The standard InChI is InChI=1S/C23H23N3O5S/c1-13-20-15(25-26-22(27)19-8-5-11-32-19)6-4-7-18(20)31-21(13)23(28)24-16-12-14(29-2)9-10-17(16)30-3/h5,8-12H,4,6-7H2,1-3H3,(H,24,28)(H,26,27)/b25-15+. The molecule has 8 nitrogen and oxygen atoms in total. The molecule has 4 rings (SSSR count). The third kappa shape index (κ3) is 4.24. The molecule has 32 heavy (non-hydrogen) atoms. The van der Waals surface area contributed by atoms with Gasteiger partial charge in [-0.2, -0.15) is 5.10 Å². The lowest BCUT2D eigenvalue weighted by Gasteiger charge is -2.13. The van der Waals surface area contributed by atoms with Gasteiger partial charge in [0.15, 0.2) is 5.76 Å². The monoisotopic (exact) mass is 453 g/mol. The van der Waals surface area contributed by atoms with Crippen LogP contribution in [0.25, 0.3) is 0 Å². The first-order chi connectivity index (χ1) is 15.5. The van der Waals surface area contributed by atoms with E-state index in [1.165, 1.54) is 18.4 Å². The molecule has 0 atom stereocenters. The Kier molecular flexibility index (Phi) is 6.27. The molecular weight excluding hydrogens is 430 g/mol. The van der Waals surface area contributed by atoms with Gasteiger partial charge < -0.3 is 19.2 Å². The molecule has 0 fully saturated rings. The Morgan fingerprint density at radius 1 is 1.12 bits per heavy atom. The number of hydrogen-bond acceptors (Lipinski definition) is 7. The van der Waals surface area contributed by atoms with Crippen LogP contribution in [-0.2, 0) is 6.42 Å². The summed E-state index contributed by atoms with van der Waals surface area (Å²) in [5.74, 6) is 1.34. The maximum Gasteiger partial charge on any atom is 0.291 e. The number of hydrazone groups is 1. The van der Waals surface area contributed by atoms with E-state index in [1.54, 1.807) is 31.4 Å². The van der Waals surface area contributed by atoms with Gasteiger partial charge in [0.1, 0.15) is 17.3 Å². The number of aryl methyl sites for hydroxylation is 1. The molecule has 0 aliphatic heterocycles. The van der Waals surface area contributed by atoms with Crippen LogP contribution in [-0.4, -0.2) is 31.7 Å². The SMILES string of the molecule is COc1ccc(OC)c(NC(=O)c2oc3c(c2C)/C(=N/NC(=O)c2cccs2)CCC3)c1. The van der Waals surface area contributed by atoms with Crippen LogP contribution in [0, 0.1) is 6.92 Å². The Bertz CT molecular complexity index is 1180. The Balaban J connectivity index is 1.59. The Labute approximate surface area is 189 Å². The number of anilines is 1. The van der Waals surface area contributed by atoms with E-state index >= 15 is 0 Å². The average Bonchev–Trinajstić information content (AvgIpc) is 3.46. The van der Waals surface area contributed by atoms with Gasteiger partial charge in [-0.05, 0) is 43.3 Å². The van der Waals surface area contributed by atoms with Gasteiger partial charge in [-0.25, -0.2) is 5.43 Å². The molecule has 2 aromatic heterocycles. The predicted molar refractivity (Wildman–Crippen MR) is 122 cm³/mol. The molecule has 0 saturated carbocycles. The zero-order valence-corrected chi connectivity index (χ0v) is 18.8. The van der Waals surface area contributed by atoms with E-state index in [2.05, 4.69) is 15.8 Å². The van der Waals surface area contributed by atoms with Gasteiger partial charge in [0, 0.05) is 23.6 Å². The first-order valence-electron chi connectivity index (χ1n) is 10.1. The minimum absolute atomic E-state index is 0.207. The second kappa shape index (κ2) is 9.27. The molecule has 0 saturated heterocycles. The fourth-order valence-electron chi connectivity index (χ4n) is 3.67. The lowest BCUT2D eigenvalue weighted by Crippen LogP contribution is -2.21. The summed E-state index contributed by atoms with van der Waals surface area (Å²) in [5, 5.41) is 9.02. The Morgan fingerprint density at radius 2 is 1.97 bits per heavy atom. The molecule has 2 heterocycles. The van der Waals surface area contributed by atoms with Crippen molar-refractivity contribution < 1.29 is 23.5 Å². The molecule has 1 aliphatic carbocycles. The number of nitrogens with one attached hydrogen (secondary N) is 2. The van der Waals surface area contributed by atoms with Crippen molar-refractivity contribution >= 4 is 34.6 Å². The average molecular weight is 454 g/mol. The van der Waals surface area contributed by atoms with Crippen molar-refractivity contribution in [3.63, 3.8) is 0 Å². The van der Waals surface area contributed by atoms with Crippen LogP contribution in [0.4, 0.5) is 5.69 Å². The van der Waals surface area contributed by atoms with Gasteiger partial charge >= 0.3 is 0 Å². The number of carbonyl (C=O) groups excluding carboxylic acids is 2. The zero-order chi connectivity index (χ0) is 22.7. The Hall–Kier alpha value is -3.59. The maximum absolute atomic E-state index is 13.0. The van der Waals surface area contributed by atoms with E-state index in [0.29, 0.717) is 51.9 Å². The summed E-state index contributed by atoms with van der Waals surface area (Å²) in [4.78, 5) is 25.9. The molecule has 0 radical (unpaired) electrons. The van der Waals surface area contributed by atoms with Crippen molar-refractivity contribution in [3.05, 3.63) is 63.2 Å². The number of benzene rings is 1. The van der Waals surface area contributed by atoms with Crippen LogP contribution in [0.5, 0.6) is 11.5 Å². The molecule has 9 heteroatoms. The van der Waals surface area contributed by atoms with E-state index in [0.717, 1.165) is 12.0 Å². The lowest BCUT2D eigenvalue weighted by atomic mass is 9.93. The summed E-state index contributed by atoms with van der Waals surface area (Å²) >= 11 is 1.35. The van der Waals surface area contributed by atoms with Gasteiger partial charge in [-0.3, -0.25) is 9.59 Å². The van der Waals surface area contributed by atoms with E-state index < -0.39 is 5.91 Å². The van der Waals surface area contributed by atoms with Crippen molar-refractivity contribution in [2.75, 3.05) is 19.5 Å². The smallest absolute Gasteiger partial charge is 0.291 e. The van der Waals surface area contributed by atoms with Crippen molar-refractivity contribution in [3.8, 4) is 11.5 Å². The van der Waals surface area contributed by atoms with Gasteiger partial charge in [-0.1, -0.05) is 6.07 Å². The molecule has 0 unspecified atom stereocenters. The quantitative estimate of drug-likeness (QED) is 0.539. The maximum atomic E-state index is 13.0. The highest BCUT2D eigenvalue weighted by Crippen LogP contribution is 2.32. The normalized spacial score (nSPS) is 14.0. The molecule has 2 N–H and O–H groups in total. The number of carbonyl (C=O) groups is 2. The second-order valence-electron chi connectivity index (χ2n) is 7.20. The lowest BCUT2D eigenvalue weighted by molar-refractivity contribution is 0.0957. The van der Waals surface area contributed by atoms with Gasteiger partial charge in [0.2, 0.25) is 0 Å². The first-order valence-corrected chi connectivity index (χ1v) is 11.0. The Morgan fingerprint density at radius 3 is 2.69 bits per heavy atom. The minimum Gasteiger partial charge on any atom is -0.497 e. The van der Waals surface area contributed by atoms with Gasteiger partial charge in [-0.15, -0.1) is 11.3 Å². The van der Waals surface area contributed by atoms with Crippen LogP contribution < -0.4 is 20.2 Å². The molecule has 0 spiro atoms. The van der Waals surface area contributed by atoms with Gasteiger partial charge in [0.05, 0.1) is 30.5 Å². The largest absolute Gasteiger partial charge is 0.497 e. The molecule has 3 aromatic rings. The number of nitrogens with zero attached hydrogens (tertiary/aromatic N) is 1. The van der Waals surface area contributed by atoms with Crippen LogP contribution in [0.1, 0.15) is 50.0 Å². The number of amides is 2. The number of methoxy groups -OCH3 is 2.